The maximum atomic E-state index is 13.0. The first-order valence-corrected chi connectivity index (χ1v) is 7.45. The van der Waals surface area contributed by atoms with Crippen molar-refractivity contribution in [1.82, 2.24) is 5.32 Å². The molecule has 0 radical (unpaired) electrons. The molecule has 1 amide bonds. The summed E-state index contributed by atoms with van der Waals surface area (Å²) in [5.74, 6) is -0.658. The van der Waals surface area contributed by atoms with Crippen LogP contribution in [0.25, 0.3) is 0 Å². The van der Waals surface area contributed by atoms with Gasteiger partial charge in [0.15, 0.2) is 0 Å². The molecule has 2 N–H and O–H groups in total. The Morgan fingerprint density at radius 3 is 2.68 bits per heavy atom. The Balaban J connectivity index is 1.90. The lowest BCUT2D eigenvalue weighted by molar-refractivity contribution is -0.115. The topological polar surface area (TPSA) is 41.1 Å². The number of nitrogens with one attached hydrogen (secondary N) is 2. The van der Waals surface area contributed by atoms with Crippen LogP contribution in [0.15, 0.2) is 42.5 Å². The Morgan fingerprint density at radius 2 is 2.00 bits per heavy atom. The fourth-order valence-electron chi connectivity index (χ4n) is 1.98. The molecule has 1 atom stereocenters. The summed E-state index contributed by atoms with van der Waals surface area (Å²) in [6, 6.07) is 10.8. The molecule has 0 spiro atoms. The summed E-state index contributed by atoms with van der Waals surface area (Å²) < 4.78 is 13.0. The van der Waals surface area contributed by atoms with Gasteiger partial charge in [0, 0.05) is 21.8 Å². The minimum atomic E-state index is -0.396. The second kappa shape index (κ2) is 7.58. The van der Waals surface area contributed by atoms with Crippen molar-refractivity contribution in [1.29, 1.82) is 0 Å². The van der Waals surface area contributed by atoms with Crippen LogP contribution in [0, 0.1) is 5.82 Å². The zero-order chi connectivity index (χ0) is 16.1. The highest BCUT2D eigenvalue weighted by molar-refractivity contribution is 6.35. The van der Waals surface area contributed by atoms with Gasteiger partial charge in [-0.15, -0.1) is 0 Å². The highest BCUT2D eigenvalue weighted by atomic mass is 35.5. The number of hydrogen-bond acceptors (Lipinski definition) is 2. The molecule has 0 bridgehead atoms. The summed E-state index contributed by atoms with van der Waals surface area (Å²) in [4.78, 5) is 11.8. The molecule has 0 saturated carbocycles. The summed E-state index contributed by atoms with van der Waals surface area (Å²) in [5.41, 5.74) is 1.27. The van der Waals surface area contributed by atoms with Crippen LogP contribution in [-0.2, 0) is 4.79 Å². The van der Waals surface area contributed by atoms with E-state index in [1.807, 2.05) is 13.0 Å². The van der Waals surface area contributed by atoms with Crippen LogP contribution in [0.4, 0.5) is 10.1 Å². The normalized spacial score (nSPS) is 12.0. The number of hydrogen-bond donors (Lipinski definition) is 2. The first-order valence-electron chi connectivity index (χ1n) is 6.69. The van der Waals surface area contributed by atoms with Crippen LogP contribution in [0.2, 0.25) is 10.0 Å². The van der Waals surface area contributed by atoms with E-state index in [4.69, 9.17) is 23.2 Å². The maximum Gasteiger partial charge on any atom is 0.238 e. The Kier molecular flexibility index (Phi) is 5.77. The van der Waals surface area contributed by atoms with Gasteiger partial charge in [-0.3, -0.25) is 4.79 Å². The minimum absolute atomic E-state index is 0.0800. The number of benzene rings is 2. The van der Waals surface area contributed by atoms with Crippen LogP contribution < -0.4 is 10.6 Å². The van der Waals surface area contributed by atoms with Gasteiger partial charge in [-0.2, -0.15) is 0 Å². The second-order valence-corrected chi connectivity index (χ2v) is 5.67. The summed E-state index contributed by atoms with van der Waals surface area (Å²) >= 11 is 12.0. The van der Waals surface area contributed by atoms with Crippen LogP contribution in [0.3, 0.4) is 0 Å². The quantitative estimate of drug-likeness (QED) is 0.845. The average Bonchev–Trinajstić information content (AvgIpc) is 2.45. The Hall–Kier alpha value is -1.62. The molecule has 6 heteroatoms. The van der Waals surface area contributed by atoms with Crippen molar-refractivity contribution in [3.63, 3.8) is 0 Å². The molecule has 0 aliphatic rings. The lowest BCUT2D eigenvalue weighted by Gasteiger charge is -2.16. The van der Waals surface area contributed by atoms with Gasteiger partial charge in [-0.05, 0) is 42.8 Å². The molecule has 22 heavy (non-hydrogen) atoms. The van der Waals surface area contributed by atoms with Gasteiger partial charge in [0.1, 0.15) is 5.82 Å². The van der Waals surface area contributed by atoms with Crippen molar-refractivity contribution in [2.75, 3.05) is 11.9 Å². The van der Waals surface area contributed by atoms with E-state index in [0.29, 0.717) is 15.7 Å². The van der Waals surface area contributed by atoms with E-state index in [1.54, 1.807) is 18.2 Å². The first-order chi connectivity index (χ1) is 10.5. The minimum Gasteiger partial charge on any atom is -0.325 e. The number of rotatable bonds is 5. The lowest BCUT2D eigenvalue weighted by atomic mass is 10.1. The van der Waals surface area contributed by atoms with E-state index in [-0.39, 0.29) is 18.5 Å². The van der Waals surface area contributed by atoms with E-state index in [1.165, 1.54) is 18.2 Å². The smallest absolute Gasteiger partial charge is 0.238 e. The van der Waals surface area contributed by atoms with Crippen molar-refractivity contribution in [2.24, 2.45) is 0 Å². The van der Waals surface area contributed by atoms with Gasteiger partial charge < -0.3 is 10.6 Å². The van der Waals surface area contributed by atoms with Gasteiger partial charge in [0.2, 0.25) is 5.91 Å². The lowest BCUT2D eigenvalue weighted by Crippen LogP contribution is -2.30. The van der Waals surface area contributed by atoms with Crippen molar-refractivity contribution in [2.45, 2.75) is 13.0 Å². The monoisotopic (exact) mass is 340 g/mol. The van der Waals surface area contributed by atoms with Gasteiger partial charge in [-0.1, -0.05) is 35.3 Å². The third kappa shape index (κ3) is 4.70. The molecule has 2 aromatic rings. The zero-order valence-electron chi connectivity index (χ0n) is 11.9. The molecule has 116 valence electrons. The SMILES string of the molecule is C[C@H](NCC(=O)Nc1cccc(F)c1)c1ccc(Cl)cc1Cl. The predicted octanol–water partition coefficient (Wildman–Crippen LogP) is 4.42. The summed E-state index contributed by atoms with van der Waals surface area (Å²) in [6.45, 7) is 1.97. The molecule has 0 fully saturated rings. The fourth-order valence-corrected chi connectivity index (χ4v) is 2.55. The van der Waals surface area contributed by atoms with Crippen LogP contribution >= 0.6 is 23.2 Å². The predicted molar refractivity (Wildman–Crippen MR) is 87.9 cm³/mol. The largest absolute Gasteiger partial charge is 0.325 e. The fraction of sp³-hybridized carbons (Fsp3) is 0.188. The Morgan fingerprint density at radius 1 is 1.23 bits per heavy atom. The molecule has 2 aromatic carbocycles. The number of amides is 1. The van der Waals surface area contributed by atoms with E-state index < -0.39 is 5.82 Å². The van der Waals surface area contributed by atoms with E-state index in [2.05, 4.69) is 10.6 Å². The standard InChI is InChI=1S/C16H15Cl2FN2O/c1-10(14-6-5-11(17)7-15(14)18)20-9-16(22)21-13-4-2-3-12(19)8-13/h2-8,10,20H,9H2,1H3,(H,21,22)/t10-/m0/s1. The molecular weight excluding hydrogens is 326 g/mol. The summed E-state index contributed by atoms with van der Waals surface area (Å²) in [7, 11) is 0. The molecule has 0 aliphatic carbocycles. The zero-order valence-corrected chi connectivity index (χ0v) is 13.4. The van der Waals surface area contributed by atoms with E-state index >= 15 is 0 Å². The molecule has 0 unspecified atom stereocenters. The third-order valence-corrected chi connectivity index (χ3v) is 3.67. The second-order valence-electron chi connectivity index (χ2n) is 4.83. The first kappa shape index (κ1) is 16.7. The highest BCUT2D eigenvalue weighted by Crippen LogP contribution is 2.25. The van der Waals surface area contributed by atoms with Crippen molar-refractivity contribution < 1.29 is 9.18 Å². The summed E-state index contributed by atoms with van der Waals surface area (Å²) in [5, 5.41) is 6.78. The summed E-state index contributed by atoms with van der Waals surface area (Å²) in [6.07, 6.45) is 0. The van der Waals surface area contributed by atoms with Crippen LogP contribution in [-0.4, -0.2) is 12.5 Å². The molecule has 0 aliphatic heterocycles. The van der Waals surface area contributed by atoms with Gasteiger partial charge in [0.25, 0.3) is 0 Å². The molecular formula is C16H15Cl2FN2O. The molecule has 3 nitrogen and oxygen atoms in total. The Bertz CT molecular complexity index is 679. The van der Waals surface area contributed by atoms with Crippen molar-refractivity contribution >= 4 is 34.8 Å². The number of halogens is 3. The number of carbonyl (C=O) groups excluding carboxylic acids is 1. The highest BCUT2D eigenvalue weighted by Gasteiger charge is 2.11. The van der Waals surface area contributed by atoms with Crippen molar-refractivity contribution in [3.05, 3.63) is 63.9 Å². The number of anilines is 1. The van der Waals surface area contributed by atoms with E-state index in [0.717, 1.165) is 5.56 Å². The molecule has 0 saturated heterocycles. The van der Waals surface area contributed by atoms with Gasteiger partial charge in [0.05, 0.1) is 6.54 Å². The maximum absolute atomic E-state index is 13.0. The van der Waals surface area contributed by atoms with Crippen molar-refractivity contribution in [3.8, 4) is 0 Å². The van der Waals surface area contributed by atoms with Crippen LogP contribution in [0.5, 0.6) is 0 Å². The van der Waals surface area contributed by atoms with Gasteiger partial charge >= 0.3 is 0 Å². The Labute approximate surface area is 138 Å². The number of carbonyl (C=O) groups is 1. The van der Waals surface area contributed by atoms with Crippen LogP contribution in [0.1, 0.15) is 18.5 Å². The average molecular weight is 341 g/mol. The molecule has 2 rings (SSSR count). The van der Waals surface area contributed by atoms with Gasteiger partial charge in [-0.25, -0.2) is 4.39 Å². The molecule has 0 aromatic heterocycles. The molecule has 0 heterocycles. The third-order valence-electron chi connectivity index (χ3n) is 3.11. The van der Waals surface area contributed by atoms with E-state index in [9.17, 15) is 9.18 Å².